The summed E-state index contributed by atoms with van der Waals surface area (Å²) >= 11 is 2.05. The quantitative estimate of drug-likeness (QED) is 0.756. The molecule has 1 aromatic rings. The van der Waals surface area contributed by atoms with Crippen molar-refractivity contribution < 1.29 is 0 Å². The van der Waals surface area contributed by atoms with E-state index >= 15 is 0 Å². The van der Waals surface area contributed by atoms with Crippen molar-refractivity contribution in [3.05, 3.63) is 29.8 Å². The molecule has 0 aromatic heterocycles. The van der Waals surface area contributed by atoms with E-state index in [0.29, 0.717) is 0 Å². The van der Waals surface area contributed by atoms with Crippen molar-refractivity contribution >= 4 is 17.4 Å². The smallest absolute Gasteiger partial charge is 0.0412 e. The number of anilines is 1. The maximum absolute atomic E-state index is 3.84. The average Bonchev–Trinajstić information content (AvgIpc) is 2.70. The number of rotatable bonds is 7. The predicted octanol–water partition coefficient (Wildman–Crippen LogP) is 4.30. The lowest BCUT2D eigenvalue weighted by atomic mass is 9.92. The summed E-state index contributed by atoms with van der Waals surface area (Å²) in [5, 5.41) is 3.84. The molecule has 0 saturated heterocycles. The molecule has 1 aliphatic rings. The van der Waals surface area contributed by atoms with Gasteiger partial charge in [-0.1, -0.05) is 39.0 Å². The van der Waals surface area contributed by atoms with Gasteiger partial charge in [-0.25, -0.2) is 0 Å². The van der Waals surface area contributed by atoms with Crippen LogP contribution in [0.3, 0.4) is 0 Å². The molecule has 0 amide bonds. The number of hydrogen-bond acceptors (Lipinski definition) is 3. The highest BCUT2D eigenvalue weighted by molar-refractivity contribution is 7.99. The van der Waals surface area contributed by atoms with Gasteiger partial charge in [0, 0.05) is 30.9 Å². The Morgan fingerprint density at radius 2 is 1.95 bits per heavy atom. The molecule has 0 fully saturated rings. The van der Waals surface area contributed by atoms with E-state index in [1.54, 1.807) is 0 Å². The Balaban J connectivity index is 2.15. The van der Waals surface area contributed by atoms with Gasteiger partial charge < -0.3 is 10.2 Å². The van der Waals surface area contributed by atoms with Gasteiger partial charge in [-0.05, 0) is 42.4 Å². The van der Waals surface area contributed by atoms with Gasteiger partial charge >= 0.3 is 0 Å². The summed E-state index contributed by atoms with van der Waals surface area (Å²) in [4.78, 5) is 2.62. The van der Waals surface area contributed by atoms with Crippen LogP contribution < -0.4 is 10.2 Å². The van der Waals surface area contributed by atoms with Crippen molar-refractivity contribution in [3.8, 4) is 0 Å². The Labute approximate surface area is 134 Å². The molecule has 1 N–H and O–H groups in total. The van der Waals surface area contributed by atoms with Crippen LogP contribution in [0, 0.1) is 0 Å². The lowest BCUT2D eigenvalue weighted by Gasteiger charge is -2.36. The topological polar surface area (TPSA) is 15.3 Å². The summed E-state index contributed by atoms with van der Waals surface area (Å²) in [6.07, 6.45) is 3.66. The molecule has 0 atom stereocenters. The molecule has 0 unspecified atom stereocenters. The molecule has 0 spiro atoms. The third kappa shape index (κ3) is 4.17. The van der Waals surface area contributed by atoms with Crippen molar-refractivity contribution in [3.63, 3.8) is 0 Å². The summed E-state index contributed by atoms with van der Waals surface area (Å²) in [6, 6.07) is 8.91. The van der Waals surface area contributed by atoms with E-state index in [-0.39, 0.29) is 5.54 Å². The van der Waals surface area contributed by atoms with E-state index in [4.69, 9.17) is 0 Å². The molecule has 3 heteroatoms. The van der Waals surface area contributed by atoms with Gasteiger partial charge in [0.2, 0.25) is 0 Å². The highest BCUT2D eigenvalue weighted by atomic mass is 32.2. The average molecular weight is 307 g/mol. The lowest BCUT2D eigenvalue weighted by Crippen LogP contribution is -2.51. The Morgan fingerprint density at radius 3 is 2.67 bits per heavy atom. The van der Waals surface area contributed by atoms with E-state index in [2.05, 4.69) is 67.0 Å². The first-order valence-corrected chi connectivity index (χ1v) is 9.55. The van der Waals surface area contributed by atoms with Crippen LogP contribution in [0.25, 0.3) is 0 Å². The van der Waals surface area contributed by atoms with E-state index in [1.807, 2.05) is 0 Å². The standard InChI is InChI=1S/C18H30N2S/c1-4-18(5-2)15-20(12-9-13-21-6-3)17-11-8-7-10-16(17)14-19-18/h7-8,10-11,19H,4-6,9,12-15H2,1-3H3. The van der Waals surface area contributed by atoms with Crippen LogP contribution in [0.4, 0.5) is 5.69 Å². The third-order valence-electron chi connectivity index (χ3n) is 4.75. The van der Waals surface area contributed by atoms with E-state index in [9.17, 15) is 0 Å². The van der Waals surface area contributed by atoms with Crippen molar-refractivity contribution in [2.45, 2.75) is 52.1 Å². The van der Waals surface area contributed by atoms with Gasteiger partial charge in [-0.2, -0.15) is 11.8 Å². The Bertz CT molecular complexity index is 429. The first kappa shape index (κ1) is 16.7. The van der Waals surface area contributed by atoms with Gasteiger partial charge in [0.15, 0.2) is 0 Å². The third-order valence-corrected chi connectivity index (χ3v) is 5.74. The number of fused-ring (bicyclic) bond motifs is 1. The fourth-order valence-corrected chi connectivity index (χ4v) is 3.80. The van der Waals surface area contributed by atoms with Crippen molar-refractivity contribution in [2.75, 3.05) is 29.5 Å². The molecule has 1 heterocycles. The van der Waals surface area contributed by atoms with E-state index in [1.165, 1.54) is 48.6 Å². The first-order valence-electron chi connectivity index (χ1n) is 8.40. The number of nitrogens with zero attached hydrogens (tertiary/aromatic N) is 1. The largest absolute Gasteiger partial charge is 0.369 e. The predicted molar refractivity (Wildman–Crippen MR) is 96.4 cm³/mol. The molecule has 0 radical (unpaired) electrons. The van der Waals surface area contributed by atoms with Gasteiger partial charge in [0.25, 0.3) is 0 Å². The highest BCUT2D eigenvalue weighted by Crippen LogP contribution is 2.29. The molecule has 0 saturated carbocycles. The van der Waals surface area contributed by atoms with E-state index < -0.39 is 0 Å². The van der Waals surface area contributed by atoms with Crippen LogP contribution in [0.15, 0.2) is 24.3 Å². The van der Waals surface area contributed by atoms with Gasteiger partial charge in [0.1, 0.15) is 0 Å². The second kappa shape index (κ2) is 8.09. The van der Waals surface area contributed by atoms with Crippen molar-refractivity contribution in [1.82, 2.24) is 5.32 Å². The highest BCUT2D eigenvalue weighted by Gasteiger charge is 2.31. The second-order valence-corrected chi connectivity index (χ2v) is 7.34. The molecule has 118 valence electrons. The molecule has 2 rings (SSSR count). The summed E-state index contributed by atoms with van der Waals surface area (Å²) in [5.41, 5.74) is 3.15. The fraction of sp³-hybridized carbons (Fsp3) is 0.667. The molecule has 0 aliphatic carbocycles. The van der Waals surface area contributed by atoms with Crippen molar-refractivity contribution in [2.24, 2.45) is 0 Å². The summed E-state index contributed by atoms with van der Waals surface area (Å²) in [7, 11) is 0. The van der Waals surface area contributed by atoms with Crippen LogP contribution in [0.1, 0.15) is 45.6 Å². The number of thioether (sulfide) groups is 1. The molecule has 0 bridgehead atoms. The normalized spacial score (nSPS) is 17.4. The van der Waals surface area contributed by atoms with Crippen LogP contribution in [-0.4, -0.2) is 30.1 Å². The molecular weight excluding hydrogens is 276 g/mol. The maximum Gasteiger partial charge on any atom is 0.0412 e. The number of hydrogen-bond donors (Lipinski definition) is 1. The Hall–Kier alpha value is -0.670. The maximum atomic E-state index is 3.84. The Morgan fingerprint density at radius 1 is 1.19 bits per heavy atom. The molecule has 2 nitrogen and oxygen atoms in total. The van der Waals surface area contributed by atoms with Crippen LogP contribution in [0.5, 0.6) is 0 Å². The van der Waals surface area contributed by atoms with Gasteiger partial charge in [-0.3, -0.25) is 0 Å². The zero-order valence-electron chi connectivity index (χ0n) is 13.8. The Kier molecular flexibility index (Phi) is 6.43. The molecule has 1 aromatic carbocycles. The monoisotopic (exact) mass is 306 g/mol. The van der Waals surface area contributed by atoms with E-state index in [0.717, 1.165) is 13.1 Å². The molecule has 21 heavy (non-hydrogen) atoms. The van der Waals surface area contributed by atoms with Crippen molar-refractivity contribution in [1.29, 1.82) is 0 Å². The zero-order chi connectivity index (χ0) is 15.1. The lowest BCUT2D eigenvalue weighted by molar-refractivity contribution is 0.307. The first-order chi connectivity index (χ1) is 10.2. The SMILES string of the molecule is CCSCCCN1CC(CC)(CC)NCc2ccccc21. The summed E-state index contributed by atoms with van der Waals surface area (Å²) in [5.74, 6) is 2.50. The summed E-state index contributed by atoms with van der Waals surface area (Å²) in [6.45, 7) is 10.2. The number of nitrogens with one attached hydrogen (secondary N) is 1. The minimum absolute atomic E-state index is 0.261. The van der Waals surface area contributed by atoms with Crippen LogP contribution in [-0.2, 0) is 6.54 Å². The fourth-order valence-electron chi connectivity index (χ4n) is 3.18. The van der Waals surface area contributed by atoms with Gasteiger partial charge in [-0.15, -0.1) is 0 Å². The zero-order valence-corrected chi connectivity index (χ0v) is 14.6. The number of benzene rings is 1. The van der Waals surface area contributed by atoms with Gasteiger partial charge in [0.05, 0.1) is 0 Å². The van der Waals surface area contributed by atoms with Crippen LogP contribution >= 0.6 is 11.8 Å². The second-order valence-electron chi connectivity index (χ2n) is 5.94. The minimum Gasteiger partial charge on any atom is -0.369 e. The molecule has 1 aliphatic heterocycles. The van der Waals surface area contributed by atoms with Crippen LogP contribution in [0.2, 0.25) is 0 Å². The summed E-state index contributed by atoms with van der Waals surface area (Å²) < 4.78 is 0. The number of para-hydroxylation sites is 1. The minimum atomic E-state index is 0.261. The molecular formula is C18H30N2S.